The van der Waals surface area contributed by atoms with Crippen LogP contribution in [0.2, 0.25) is 0 Å². The van der Waals surface area contributed by atoms with Crippen molar-refractivity contribution >= 4 is 13.7 Å². The predicted molar refractivity (Wildman–Crippen MR) is 334 cm³/mol. The van der Waals surface area contributed by atoms with Gasteiger partial charge in [0, 0.05) is 6.42 Å². The van der Waals surface area contributed by atoms with E-state index in [4.69, 9.17) is 9.05 Å². The zero-order chi connectivity index (χ0) is 56.3. The molecule has 0 rings (SSSR count). The average molecular weight is 1090 g/mol. The largest absolute Gasteiger partial charge is 0.756 e. The Morgan fingerprint density at radius 3 is 1.21 bits per heavy atom. The highest BCUT2D eigenvalue weighted by Gasteiger charge is 2.23. The molecule has 442 valence electrons. The van der Waals surface area contributed by atoms with Crippen molar-refractivity contribution in [1.82, 2.24) is 5.32 Å². The van der Waals surface area contributed by atoms with Gasteiger partial charge in [0.25, 0.3) is 7.82 Å². The minimum absolute atomic E-state index is 0.0179. The number of carbonyl (C=O) groups excluding carboxylic acids is 1. The van der Waals surface area contributed by atoms with Gasteiger partial charge < -0.3 is 28.8 Å². The van der Waals surface area contributed by atoms with Crippen LogP contribution < -0.4 is 10.2 Å². The Bertz CT molecular complexity index is 1670. The minimum atomic E-state index is -4.63. The highest BCUT2D eigenvalue weighted by molar-refractivity contribution is 7.45. The quantitative estimate of drug-likeness (QED) is 0.0272. The first-order valence-electron chi connectivity index (χ1n) is 31.4. The summed E-state index contributed by atoms with van der Waals surface area (Å²) in [5.74, 6) is -0.226. The van der Waals surface area contributed by atoms with Gasteiger partial charge in [-0.05, 0) is 103 Å². The van der Waals surface area contributed by atoms with Gasteiger partial charge in [-0.15, -0.1) is 0 Å². The number of rotatable bonds is 56. The summed E-state index contributed by atoms with van der Waals surface area (Å²) in [4.78, 5) is 25.6. The summed E-state index contributed by atoms with van der Waals surface area (Å²) in [5.41, 5.74) is 0. The summed E-state index contributed by atoms with van der Waals surface area (Å²) in [6, 6.07) is -0.927. The summed E-state index contributed by atoms with van der Waals surface area (Å²) in [7, 11) is 1.21. The smallest absolute Gasteiger partial charge is 0.268 e. The third-order valence-electron chi connectivity index (χ3n) is 13.4. The van der Waals surface area contributed by atoms with Gasteiger partial charge in [-0.1, -0.05) is 264 Å². The van der Waals surface area contributed by atoms with Crippen LogP contribution in [-0.2, 0) is 18.4 Å². The van der Waals surface area contributed by atoms with Crippen LogP contribution >= 0.6 is 7.82 Å². The average Bonchev–Trinajstić information content (AvgIpc) is 3.39. The van der Waals surface area contributed by atoms with Crippen molar-refractivity contribution in [3.63, 3.8) is 0 Å². The first kappa shape index (κ1) is 73.9. The predicted octanol–water partition coefficient (Wildman–Crippen LogP) is 19.1. The Hall–Kier alpha value is -3.10. The normalized spacial score (nSPS) is 14.6. The number of nitrogens with one attached hydrogen (secondary N) is 1. The van der Waals surface area contributed by atoms with E-state index in [1.54, 1.807) is 6.08 Å². The van der Waals surface area contributed by atoms with Gasteiger partial charge in [0.2, 0.25) is 5.91 Å². The lowest BCUT2D eigenvalue weighted by molar-refractivity contribution is -0.870. The number of allylic oxidation sites excluding steroid dienone is 19. The molecule has 3 atom stereocenters. The number of phosphoric ester groups is 1. The Morgan fingerprint density at radius 1 is 0.468 bits per heavy atom. The number of aliphatic hydroxyl groups is 1. The molecule has 1 amide bonds. The van der Waals surface area contributed by atoms with E-state index in [-0.39, 0.29) is 12.5 Å². The van der Waals surface area contributed by atoms with Crippen molar-refractivity contribution in [2.45, 2.75) is 264 Å². The van der Waals surface area contributed by atoms with Crippen LogP contribution in [0.3, 0.4) is 0 Å². The van der Waals surface area contributed by atoms with Crippen LogP contribution in [0, 0.1) is 0 Å². The lowest BCUT2D eigenvalue weighted by Gasteiger charge is -2.29. The zero-order valence-corrected chi connectivity index (χ0v) is 51.3. The first-order chi connectivity index (χ1) is 37.5. The molecule has 0 aromatic carbocycles. The van der Waals surface area contributed by atoms with Gasteiger partial charge in [0.1, 0.15) is 13.2 Å². The third-order valence-corrected chi connectivity index (χ3v) is 14.3. The number of aliphatic hydroxyl groups excluding tert-OH is 1. The van der Waals surface area contributed by atoms with Crippen molar-refractivity contribution in [3.05, 3.63) is 122 Å². The van der Waals surface area contributed by atoms with Gasteiger partial charge in [0.05, 0.1) is 39.9 Å². The van der Waals surface area contributed by atoms with E-state index in [9.17, 15) is 19.4 Å². The maximum absolute atomic E-state index is 13.0. The van der Waals surface area contributed by atoms with Crippen LogP contribution in [0.5, 0.6) is 0 Å². The molecule has 8 nitrogen and oxygen atoms in total. The number of amides is 1. The molecule has 0 aromatic rings. The van der Waals surface area contributed by atoms with Gasteiger partial charge in [-0.3, -0.25) is 9.36 Å². The van der Waals surface area contributed by atoms with Crippen molar-refractivity contribution in [2.24, 2.45) is 0 Å². The molecule has 0 heterocycles. The molecule has 0 radical (unpaired) electrons. The maximum Gasteiger partial charge on any atom is 0.268 e. The van der Waals surface area contributed by atoms with Crippen molar-refractivity contribution < 1.29 is 32.9 Å². The number of quaternary nitrogens is 1. The Morgan fingerprint density at radius 2 is 0.805 bits per heavy atom. The SMILES string of the molecule is CC/C=C\C/C=C\C/C=C\C/C=C\C/C=C\C/C=C\C/C=C\CCCCCCCCCC(=O)NC(COP(=O)([O-])OCC[N+](C)(C)C)C(O)/C=C/CC/C=C/CC/C=C/CCCCCCCCCCCCCCCCCC. The lowest BCUT2D eigenvalue weighted by atomic mass is 10.0. The molecular formula is C68H119N2O6P. The number of hydrogen-bond acceptors (Lipinski definition) is 6. The van der Waals surface area contributed by atoms with Crippen LogP contribution in [0.15, 0.2) is 122 Å². The van der Waals surface area contributed by atoms with Crippen LogP contribution in [-0.4, -0.2) is 68.5 Å². The van der Waals surface area contributed by atoms with E-state index in [0.29, 0.717) is 17.4 Å². The van der Waals surface area contributed by atoms with E-state index < -0.39 is 26.6 Å². The number of hydrogen-bond donors (Lipinski definition) is 2. The van der Waals surface area contributed by atoms with E-state index in [1.807, 2.05) is 27.2 Å². The molecule has 9 heteroatoms. The topological polar surface area (TPSA) is 108 Å². The highest BCUT2D eigenvalue weighted by Crippen LogP contribution is 2.38. The van der Waals surface area contributed by atoms with Crippen LogP contribution in [0.25, 0.3) is 0 Å². The summed E-state index contributed by atoms with van der Waals surface area (Å²) >= 11 is 0. The fraction of sp³-hybridized carbons (Fsp3) is 0.691. The zero-order valence-electron chi connectivity index (χ0n) is 50.4. The van der Waals surface area contributed by atoms with Crippen molar-refractivity contribution in [2.75, 3.05) is 40.9 Å². The Labute approximate surface area is 475 Å². The molecule has 2 N–H and O–H groups in total. The monoisotopic (exact) mass is 1090 g/mol. The van der Waals surface area contributed by atoms with Crippen molar-refractivity contribution in [1.29, 1.82) is 0 Å². The number of phosphoric acid groups is 1. The van der Waals surface area contributed by atoms with E-state index in [1.165, 1.54) is 128 Å². The molecule has 0 fully saturated rings. The molecule has 0 saturated carbocycles. The molecule has 0 bridgehead atoms. The minimum Gasteiger partial charge on any atom is -0.756 e. The first-order valence-corrected chi connectivity index (χ1v) is 32.9. The lowest BCUT2D eigenvalue weighted by Crippen LogP contribution is -2.45. The van der Waals surface area contributed by atoms with Crippen LogP contribution in [0.4, 0.5) is 0 Å². The van der Waals surface area contributed by atoms with E-state index in [0.717, 1.165) is 103 Å². The van der Waals surface area contributed by atoms with Crippen LogP contribution in [0.1, 0.15) is 251 Å². The van der Waals surface area contributed by atoms with Gasteiger partial charge in [-0.25, -0.2) is 0 Å². The summed E-state index contributed by atoms with van der Waals surface area (Å²) in [6.07, 6.45) is 85.8. The number of nitrogens with zero attached hydrogens (tertiary/aromatic N) is 1. The summed E-state index contributed by atoms with van der Waals surface area (Å²) in [5, 5.41) is 13.9. The Kier molecular flexibility index (Phi) is 55.3. The molecule has 0 aliphatic heterocycles. The number of likely N-dealkylation sites (N-methyl/N-ethyl adjacent to an activating group) is 1. The fourth-order valence-electron chi connectivity index (χ4n) is 8.52. The molecule has 0 saturated heterocycles. The van der Waals surface area contributed by atoms with Gasteiger partial charge >= 0.3 is 0 Å². The second-order valence-electron chi connectivity index (χ2n) is 22.0. The molecule has 0 aliphatic rings. The van der Waals surface area contributed by atoms with Gasteiger partial charge in [-0.2, -0.15) is 0 Å². The summed E-state index contributed by atoms with van der Waals surface area (Å²) < 4.78 is 23.4. The Balaban J connectivity index is 4.30. The van der Waals surface area contributed by atoms with E-state index >= 15 is 0 Å². The van der Waals surface area contributed by atoms with Gasteiger partial charge in [0.15, 0.2) is 0 Å². The van der Waals surface area contributed by atoms with E-state index in [2.05, 4.69) is 129 Å². The van der Waals surface area contributed by atoms with Crippen molar-refractivity contribution in [3.8, 4) is 0 Å². The standard InChI is InChI=1S/C68H119N2O6P/c1-6-8-10-12-14-16-18-20-22-24-26-28-30-32-34-35-36-38-40-42-44-46-48-50-52-54-56-58-60-62-68(72)69-66(65-76-77(73,74)75-64-63-70(3,4)5)67(71)61-59-57-55-53-51-49-47-45-43-41-39-37-33-31-29-27-25-23-21-19-17-15-13-11-9-7-2/h8,10,14,16,20,22,26,28,32,34,36,38,42-45,51,53,59,61,66-67,71H,6-7,9,11-13,15,17-19,21,23-25,27,29-31,33,35,37,39-41,46-50,52,54-58,60,62-65H2,1-5H3,(H-,69,72,73,74)/b10-8-,16-14-,22-20-,28-26-,34-32-,38-36-,44-42-,45-43+,53-51+,61-59+. The number of unbranched alkanes of at least 4 members (excludes halogenated alkanes) is 25. The molecule has 3 unspecified atom stereocenters. The molecule has 0 aromatic heterocycles. The second-order valence-corrected chi connectivity index (χ2v) is 23.4. The number of carbonyl (C=O) groups is 1. The maximum atomic E-state index is 13.0. The summed E-state index contributed by atoms with van der Waals surface area (Å²) in [6.45, 7) is 4.50. The fourth-order valence-corrected chi connectivity index (χ4v) is 9.24. The molecule has 0 spiro atoms. The molecule has 0 aliphatic carbocycles. The third kappa shape index (κ3) is 60.4. The highest BCUT2D eigenvalue weighted by atomic mass is 31.2. The molecular weight excluding hydrogens is 972 g/mol. The molecule has 77 heavy (non-hydrogen) atoms. The second kappa shape index (κ2) is 57.6.